The lowest BCUT2D eigenvalue weighted by Gasteiger charge is -2.17. The molecule has 0 spiro atoms. The van der Waals surface area contributed by atoms with Gasteiger partial charge in [-0.25, -0.2) is 0 Å². The fourth-order valence-corrected chi connectivity index (χ4v) is 4.38. The van der Waals surface area contributed by atoms with E-state index in [1.54, 1.807) is 11.0 Å². The first-order valence-corrected chi connectivity index (χ1v) is 14.1. The van der Waals surface area contributed by atoms with Crippen LogP contribution in [-0.4, -0.2) is 72.6 Å². The van der Waals surface area contributed by atoms with Gasteiger partial charge in [0.05, 0.1) is 19.8 Å². The zero-order valence-electron chi connectivity index (χ0n) is 20.5. The molecule has 0 unspecified atom stereocenters. The summed E-state index contributed by atoms with van der Waals surface area (Å²) in [5.74, 6) is -0.277. The van der Waals surface area contributed by atoms with Crippen molar-refractivity contribution in [3.05, 3.63) is 35.4 Å². The van der Waals surface area contributed by atoms with Crippen LogP contribution in [0.3, 0.4) is 0 Å². The molecule has 0 fully saturated rings. The Morgan fingerprint density at radius 3 is 1.55 bits per heavy atom. The fraction of sp³-hybridized carbons (Fsp3) is 0.760. The van der Waals surface area contributed by atoms with E-state index < -0.39 is 10.1 Å². The third-order valence-electron chi connectivity index (χ3n) is 5.50. The zero-order valence-corrected chi connectivity index (χ0v) is 21.3. The van der Waals surface area contributed by atoms with Gasteiger partial charge in [-0.2, -0.15) is 8.42 Å². The molecule has 0 bridgehead atoms. The summed E-state index contributed by atoms with van der Waals surface area (Å²) >= 11 is 0. The number of nitrogens with zero attached hydrogens (tertiary/aromatic N) is 1. The van der Waals surface area contributed by atoms with Gasteiger partial charge in [-0.15, -0.1) is 0 Å². The molecule has 0 saturated carbocycles. The molecule has 4 N–H and O–H groups in total. The zero-order chi connectivity index (χ0) is 24.8. The van der Waals surface area contributed by atoms with Gasteiger partial charge >= 0.3 is 0 Å². The van der Waals surface area contributed by atoms with Gasteiger partial charge in [0, 0.05) is 19.6 Å². The van der Waals surface area contributed by atoms with Crippen LogP contribution in [0.4, 0.5) is 0 Å². The third kappa shape index (κ3) is 20.1. The van der Waals surface area contributed by atoms with Gasteiger partial charge in [0.25, 0.3) is 10.1 Å². The van der Waals surface area contributed by atoms with E-state index >= 15 is 0 Å². The van der Waals surface area contributed by atoms with E-state index in [0.717, 1.165) is 24.0 Å². The van der Waals surface area contributed by atoms with Crippen molar-refractivity contribution >= 4 is 10.1 Å². The molecule has 194 valence electrons. The summed E-state index contributed by atoms with van der Waals surface area (Å²) < 4.78 is 31.1. The Morgan fingerprint density at radius 2 is 1.12 bits per heavy atom. The van der Waals surface area contributed by atoms with Crippen molar-refractivity contribution in [1.82, 2.24) is 4.90 Å². The smallest absolute Gasteiger partial charge is 0.269 e. The third-order valence-corrected chi connectivity index (χ3v) is 6.18. The lowest BCUT2D eigenvalue weighted by Crippen LogP contribution is -2.32. The normalized spacial score (nSPS) is 11.5. The first-order chi connectivity index (χ1) is 15.9. The quantitative estimate of drug-likeness (QED) is 0.172. The topological polar surface area (TPSA) is 118 Å². The summed E-state index contributed by atoms with van der Waals surface area (Å²) in [5, 5.41) is 25.5. The molecule has 0 atom stereocenters. The van der Waals surface area contributed by atoms with Gasteiger partial charge in [0.1, 0.15) is 5.75 Å². The summed E-state index contributed by atoms with van der Waals surface area (Å²) in [5.41, 5.74) is 1.77. The summed E-state index contributed by atoms with van der Waals surface area (Å²) in [6, 6.07) is 7.51. The molecule has 8 heteroatoms. The van der Waals surface area contributed by atoms with E-state index in [1.165, 1.54) is 57.8 Å². The van der Waals surface area contributed by atoms with Crippen molar-refractivity contribution < 1.29 is 28.3 Å². The molecule has 1 aromatic rings. The van der Waals surface area contributed by atoms with Gasteiger partial charge in [0.2, 0.25) is 0 Å². The molecular weight excluding hydrogens is 442 g/mol. The minimum absolute atomic E-state index is 0.0694. The number of unbranched alkanes of at least 4 members (excludes halogenated alkanes) is 9. The molecule has 1 rings (SSSR count). The molecule has 0 aliphatic carbocycles. The van der Waals surface area contributed by atoms with Crippen molar-refractivity contribution in [2.24, 2.45) is 0 Å². The number of hydrogen-bond acceptors (Lipinski definition) is 6. The van der Waals surface area contributed by atoms with Crippen molar-refractivity contribution in [3.8, 4) is 0 Å². The molecular formula is C25H47NO6S. The van der Waals surface area contributed by atoms with E-state index in [9.17, 15) is 8.42 Å². The Kier molecular flexibility index (Phi) is 20.8. The highest BCUT2D eigenvalue weighted by Crippen LogP contribution is 2.16. The standard InChI is InChI=1S/C19H32O3S.C6H15NO3/c1-2-3-4-5-6-7-8-9-10-11-14-18-15-12-13-16-19(18)17-23(20,21)22;8-4-1-7(2-5-9)3-6-10/h12-13,15-16H,2-11,14,17H2,1H3,(H,20,21,22);8-10H,1-6H2. The lowest BCUT2D eigenvalue weighted by atomic mass is 10.0. The number of hydrogen-bond donors (Lipinski definition) is 4. The molecule has 0 radical (unpaired) electrons. The molecule has 0 heterocycles. The van der Waals surface area contributed by atoms with E-state index in [0.29, 0.717) is 19.6 Å². The van der Waals surface area contributed by atoms with Crippen LogP contribution in [0.15, 0.2) is 24.3 Å². The predicted octanol–water partition coefficient (Wildman–Crippen LogP) is 3.80. The molecule has 1 aromatic carbocycles. The van der Waals surface area contributed by atoms with Gasteiger partial charge in [0.15, 0.2) is 0 Å². The van der Waals surface area contributed by atoms with Crippen LogP contribution in [-0.2, 0) is 22.3 Å². The Labute approximate surface area is 201 Å². The highest BCUT2D eigenvalue weighted by atomic mass is 32.2. The van der Waals surface area contributed by atoms with Gasteiger partial charge in [-0.3, -0.25) is 9.45 Å². The first-order valence-electron chi connectivity index (χ1n) is 12.4. The summed E-state index contributed by atoms with van der Waals surface area (Å²) in [6.45, 7) is 4.00. The molecule has 33 heavy (non-hydrogen) atoms. The molecule has 0 aliphatic rings. The number of aliphatic hydroxyl groups is 3. The SMILES string of the molecule is CCCCCCCCCCCCc1ccccc1CS(=O)(=O)O.OCCN(CCO)CCO. The number of rotatable bonds is 19. The van der Waals surface area contributed by atoms with Crippen LogP contribution in [0.1, 0.15) is 82.3 Å². The number of aryl methyl sites for hydroxylation is 1. The second-order valence-corrected chi connectivity index (χ2v) is 9.89. The predicted molar refractivity (Wildman–Crippen MR) is 135 cm³/mol. The van der Waals surface area contributed by atoms with Crippen LogP contribution < -0.4 is 0 Å². The maximum Gasteiger partial charge on any atom is 0.269 e. The van der Waals surface area contributed by atoms with Crippen LogP contribution in [0.5, 0.6) is 0 Å². The fourth-order valence-electron chi connectivity index (χ4n) is 3.70. The van der Waals surface area contributed by atoms with Gasteiger partial charge in [-0.05, 0) is 24.0 Å². The highest BCUT2D eigenvalue weighted by molar-refractivity contribution is 7.85. The molecule has 7 nitrogen and oxygen atoms in total. The second-order valence-electron chi connectivity index (χ2n) is 8.44. The molecule has 0 aliphatic heterocycles. The van der Waals surface area contributed by atoms with Gasteiger partial charge in [-0.1, -0.05) is 89.0 Å². The summed E-state index contributed by atoms with van der Waals surface area (Å²) in [4.78, 5) is 1.79. The lowest BCUT2D eigenvalue weighted by molar-refractivity contribution is 0.136. The monoisotopic (exact) mass is 489 g/mol. The number of aliphatic hydroxyl groups excluding tert-OH is 3. The van der Waals surface area contributed by atoms with Crippen molar-refractivity contribution in [2.75, 3.05) is 39.5 Å². The Balaban J connectivity index is 0.000000861. The highest BCUT2D eigenvalue weighted by Gasteiger charge is 2.10. The van der Waals surface area contributed by atoms with Gasteiger partial charge < -0.3 is 15.3 Å². The Morgan fingerprint density at radius 1 is 0.697 bits per heavy atom. The van der Waals surface area contributed by atoms with Crippen LogP contribution >= 0.6 is 0 Å². The van der Waals surface area contributed by atoms with Crippen molar-refractivity contribution in [1.29, 1.82) is 0 Å². The maximum absolute atomic E-state index is 11.1. The Hall–Kier alpha value is -1.03. The molecule has 0 saturated heterocycles. The van der Waals surface area contributed by atoms with Crippen molar-refractivity contribution in [2.45, 2.75) is 83.3 Å². The van der Waals surface area contributed by atoms with Crippen LogP contribution in [0.25, 0.3) is 0 Å². The minimum Gasteiger partial charge on any atom is -0.395 e. The van der Waals surface area contributed by atoms with E-state index in [1.807, 2.05) is 18.2 Å². The average Bonchev–Trinajstić information content (AvgIpc) is 2.76. The molecule has 0 amide bonds. The number of benzene rings is 1. The van der Waals surface area contributed by atoms with Crippen molar-refractivity contribution in [3.63, 3.8) is 0 Å². The maximum atomic E-state index is 11.1. The van der Waals surface area contributed by atoms with E-state index in [4.69, 9.17) is 19.9 Å². The molecule has 0 aromatic heterocycles. The average molecular weight is 490 g/mol. The largest absolute Gasteiger partial charge is 0.395 e. The summed E-state index contributed by atoms with van der Waals surface area (Å²) in [6.07, 6.45) is 13.8. The van der Waals surface area contributed by atoms with Crippen LogP contribution in [0.2, 0.25) is 0 Å². The van der Waals surface area contributed by atoms with E-state index in [2.05, 4.69) is 6.92 Å². The van der Waals surface area contributed by atoms with Crippen LogP contribution in [0, 0.1) is 0 Å². The minimum atomic E-state index is -3.95. The summed E-state index contributed by atoms with van der Waals surface area (Å²) in [7, 11) is -3.95. The Bertz CT molecular complexity index is 654. The second kappa shape index (κ2) is 21.5. The van der Waals surface area contributed by atoms with E-state index in [-0.39, 0.29) is 25.6 Å². The first kappa shape index (κ1) is 32.0.